The molecule has 4 nitrogen and oxygen atoms in total. The van der Waals surface area contributed by atoms with Crippen molar-refractivity contribution in [2.45, 2.75) is 43.1 Å². The van der Waals surface area contributed by atoms with Gasteiger partial charge >= 0.3 is 6.18 Å². The molecule has 3 aromatic rings. The zero-order valence-corrected chi connectivity index (χ0v) is 16.9. The number of nitrogens with zero attached hydrogens (tertiary/aromatic N) is 2. The van der Waals surface area contributed by atoms with E-state index >= 15 is 0 Å². The number of hydrogen-bond acceptors (Lipinski definition) is 4. The number of rotatable bonds is 5. The van der Waals surface area contributed by atoms with E-state index in [-0.39, 0.29) is 22.4 Å². The lowest BCUT2D eigenvalue weighted by atomic mass is 10.0. The highest BCUT2D eigenvalue weighted by Crippen LogP contribution is 2.34. The first-order valence-electron chi connectivity index (χ1n) is 9.07. The van der Waals surface area contributed by atoms with Crippen LogP contribution in [0.4, 0.5) is 18.9 Å². The molecule has 8 heteroatoms. The minimum Gasteiger partial charge on any atom is -0.325 e. The van der Waals surface area contributed by atoms with Crippen LogP contribution in [0.5, 0.6) is 0 Å². The van der Waals surface area contributed by atoms with Crippen LogP contribution in [0.15, 0.2) is 53.6 Å². The summed E-state index contributed by atoms with van der Waals surface area (Å²) in [7, 11) is 0. The molecule has 0 spiro atoms. The number of nitrogens with one attached hydrogen (secondary N) is 1. The largest absolute Gasteiger partial charge is 0.451 e. The lowest BCUT2D eigenvalue weighted by Crippen LogP contribution is -2.23. The second-order valence-electron chi connectivity index (χ2n) is 6.86. The Morgan fingerprint density at radius 3 is 2.34 bits per heavy atom. The van der Waals surface area contributed by atoms with Gasteiger partial charge in [0.05, 0.1) is 10.8 Å². The van der Waals surface area contributed by atoms with Gasteiger partial charge in [-0.1, -0.05) is 62.0 Å². The first-order chi connectivity index (χ1) is 13.7. The van der Waals surface area contributed by atoms with E-state index in [4.69, 9.17) is 0 Å². The smallest absolute Gasteiger partial charge is 0.325 e. The van der Waals surface area contributed by atoms with Crippen LogP contribution in [0.1, 0.15) is 38.1 Å². The molecule has 0 aliphatic carbocycles. The van der Waals surface area contributed by atoms with Crippen molar-refractivity contribution in [3.8, 4) is 0 Å². The van der Waals surface area contributed by atoms with Crippen LogP contribution in [-0.2, 0) is 11.0 Å². The maximum absolute atomic E-state index is 13.2. The van der Waals surface area contributed by atoms with Gasteiger partial charge in [-0.2, -0.15) is 13.2 Å². The lowest BCUT2D eigenvalue weighted by Gasteiger charge is -2.17. The minimum absolute atomic E-state index is 0.128. The fraction of sp³-hybridized carbons (Fsp3) is 0.286. The molecule has 1 heterocycles. The van der Waals surface area contributed by atoms with Gasteiger partial charge in [0.25, 0.3) is 0 Å². The van der Waals surface area contributed by atoms with Crippen LogP contribution >= 0.6 is 11.8 Å². The Morgan fingerprint density at radius 2 is 1.66 bits per heavy atom. The molecular formula is C21H20F3N3OS. The summed E-state index contributed by atoms with van der Waals surface area (Å²) in [4.78, 5) is 20.0. The van der Waals surface area contributed by atoms with E-state index in [0.717, 1.165) is 17.3 Å². The molecule has 2 aromatic carbocycles. The Kier molecular flexibility index (Phi) is 6.12. The molecule has 1 amide bonds. The van der Waals surface area contributed by atoms with E-state index in [1.165, 1.54) is 6.07 Å². The Labute approximate surface area is 170 Å². The Bertz CT molecular complexity index is 1040. The van der Waals surface area contributed by atoms with Gasteiger partial charge in [-0.3, -0.25) is 4.79 Å². The number of amides is 1. The van der Waals surface area contributed by atoms with Gasteiger partial charge in [-0.15, -0.1) is 0 Å². The first-order valence-corrected chi connectivity index (χ1v) is 9.95. The number of carbonyl (C=O) groups is 1. The SMILES string of the molecule is CC(C)c1ccccc1NC(=O)[C@@H](C)Sc1nc(C(F)(F)F)nc2ccccc12. The Hall–Kier alpha value is -2.61. The molecular weight excluding hydrogens is 399 g/mol. The topological polar surface area (TPSA) is 54.9 Å². The van der Waals surface area contributed by atoms with Gasteiger partial charge in [-0.05, 0) is 30.5 Å². The van der Waals surface area contributed by atoms with Gasteiger partial charge in [-0.25, -0.2) is 9.97 Å². The molecule has 0 saturated carbocycles. The second kappa shape index (κ2) is 8.41. The molecule has 0 aliphatic rings. The van der Waals surface area contributed by atoms with E-state index in [1.807, 2.05) is 38.1 Å². The number of hydrogen-bond donors (Lipinski definition) is 1. The number of halogens is 3. The fourth-order valence-corrected chi connectivity index (χ4v) is 3.77. The van der Waals surface area contributed by atoms with E-state index < -0.39 is 17.3 Å². The van der Waals surface area contributed by atoms with Crippen molar-refractivity contribution in [1.82, 2.24) is 9.97 Å². The molecule has 1 atom stereocenters. The number of benzene rings is 2. The molecule has 0 bridgehead atoms. The number of para-hydroxylation sites is 2. The zero-order chi connectivity index (χ0) is 21.2. The Morgan fingerprint density at radius 1 is 1.00 bits per heavy atom. The fourth-order valence-electron chi connectivity index (χ4n) is 2.83. The molecule has 1 aromatic heterocycles. The van der Waals surface area contributed by atoms with Crippen LogP contribution in [0.3, 0.4) is 0 Å². The number of carbonyl (C=O) groups excluding carboxylic acids is 1. The van der Waals surface area contributed by atoms with Gasteiger partial charge in [0.2, 0.25) is 11.7 Å². The molecule has 0 fully saturated rings. The maximum Gasteiger partial charge on any atom is 0.451 e. The second-order valence-corrected chi connectivity index (χ2v) is 8.19. The number of anilines is 1. The standard InChI is InChI=1S/C21H20F3N3OS/c1-12(2)14-8-4-6-10-16(14)25-18(28)13(3)29-19-15-9-5-7-11-17(15)26-20(27-19)21(22,23)24/h4-13H,1-3H3,(H,25,28)/t13-/m1/s1. The van der Waals surface area contributed by atoms with E-state index in [9.17, 15) is 18.0 Å². The summed E-state index contributed by atoms with van der Waals surface area (Å²) in [6.07, 6.45) is -4.67. The third-order valence-electron chi connectivity index (χ3n) is 4.32. The predicted octanol–water partition coefficient (Wildman–Crippen LogP) is 5.89. The molecule has 0 aliphatic heterocycles. The van der Waals surface area contributed by atoms with Crippen molar-refractivity contribution in [2.75, 3.05) is 5.32 Å². The minimum atomic E-state index is -4.67. The first kappa shape index (κ1) is 21.1. The van der Waals surface area contributed by atoms with Crippen molar-refractivity contribution in [1.29, 1.82) is 0 Å². The van der Waals surface area contributed by atoms with Gasteiger partial charge in [0.1, 0.15) is 5.03 Å². The van der Waals surface area contributed by atoms with Crippen LogP contribution in [0.2, 0.25) is 0 Å². The summed E-state index contributed by atoms with van der Waals surface area (Å²) in [6.45, 7) is 5.69. The molecule has 1 N–H and O–H groups in total. The van der Waals surface area contributed by atoms with Crippen molar-refractivity contribution >= 4 is 34.3 Å². The highest BCUT2D eigenvalue weighted by atomic mass is 32.2. The number of alkyl halides is 3. The summed E-state index contributed by atoms with van der Waals surface area (Å²) < 4.78 is 39.6. The van der Waals surface area contributed by atoms with Crippen molar-refractivity contribution in [2.24, 2.45) is 0 Å². The number of aromatic nitrogens is 2. The molecule has 29 heavy (non-hydrogen) atoms. The van der Waals surface area contributed by atoms with Gasteiger partial charge in [0.15, 0.2) is 0 Å². The molecule has 3 rings (SSSR count). The normalized spacial score (nSPS) is 12.9. The maximum atomic E-state index is 13.2. The van der Waals surface area contributed by atoms with Crippen molar-refractivity contribution in [3.05, 3.63) is 59.9 Å². The van der Waals surface area contributed by atoms with E-state index in [1.54, 1.807) is 25.1 Å². The average molecular weight is 419 g/mol. The van der Waals surface area contributed by atoms with Crippen LogP contribution in [0, 0.1) is 0 Å². The molecule has 0 unspecified atom stereocenters. The molecule has 0 radical (unpaired) electrons. The average Bonchev–Trinajstić information content (AvgIpc) is 2.67. The van der Waals surface area contributed by atoms with Crippen LogP contribution in [0.25, 0.3) is 10.9 Å². The predicted molar refractivity (Wildman–Crippen MR) is 109 cm³/mol. The van der Waals surface area contributed by atoms with Gasteiger partial charge in [0, 0.05) is 11.1 Å². The quantitative estimate of drug-likeness (QED) is 0.414. The van der Waals surface area contributed by atoms with Crippen molar-refractivity contribution < 1.29 is 18.0 Å². The van der Waals surface area contributed by atoms with E-state index in [2.05, 4.69) is 15.3 Å². The number of thioether (sulfide) groups is 1. The highest BCUT2D eigenvalue weighted by Gasteiger charge is 2.36. The Balaban J connectivity index is 1.88. The monoisotopic (exact) mass is 419 g/mol. The van der Waals surface area contributed by atoms with E-state index in [0.29, 0.717) is 11.1 Å². The lowest BCUT2D eigenvalue weighted by molar-refractivity contribution is -0.145. The third kappa shape index (κ3) is 4.87. The third-order valence-corrected chi connectivity index (χ3v) is 5.42. The molecule has 0 saturated heterocycles. The summed E-state index contributed by atoms with van der Waals surface area (Å²) in [5.74, 6) is -1.30. The number of fused-ring (bicyclic) bond motifs is 1. The van der Waals surface area contributed by atoms with Crippen LogP contribution < -0.4 is 5.32 Å². The zero-order valence-electron chi connectivity index (χ0n) is 16.1. The summed E-state index contributed by atoms with van der Waals surface area (Å²) in [6, 6.07) is 13.9. The van der Waals surface area contributed by atoms with Crippen molar-refractivity contribution in [3.63, 3.8) is 0 Å². The van der Waals surface area contributed by atoms with Gasteiger partial charge < -0.3 is 5.32 Å². The summed E-state index contributed by atoms with van der Waals surface area (Å²) in [5, 5.41) is 2.83. The molecule has 152 valence electrons. The van der Waals surface area contributed by atoms with Crippen LogP contribution in [-0.4, -0.2) is 21.1 Å². The summed E-state index contributed by atoms with van der Waals surface area (Å²) >= 11 is 0.982. The highest BCUT2D eigenvalue weighted by molar-refractivity contribution is 8.00. The summed E-state index contributed by atoms with van der Waals surface area (Å²) in [5.41, 5.74) is 1.88.